The summed E-state index contributed by atoms with van der Waals surface area (Å²) in [4.78, 5) is 4.33. The third kappa shape index (κ3) is 3.01. The van der Waals surface area contributed by atoms with Gasteiger partial charge in [-0.25, -0.2) is 4.98 Å². The maximum Gasteiger partial charge on any atom is 0.228 e. The van der Waals surface area contributed by atoms with Crippen molar-refractivity contribution >= 4 is 15.9 Å². The summed E-state index contributed by atoms with van der Waals surface area (Å²) in [6.07, 6.45) is 8.46. The first-order valence-electron chi connectivity index (χ1n) is 6.50. The van der Waals surface area contributed by atoms with Crippen molar-refractivity contribution in [3.63, 3.8) is 0 Å². The number of aromatic nitrogens is 1. The van der Waals surface area contributed by atoms with Crippen molar-refractivity contribution in [3.8, 4) is 5.88 Å². The quantitative estimate of drug-likeness (QED) is 0.819. The molecule has 0 bridgehead atoms. The minimum absolute atomic E-state index is 0.347. The second-order valence-corrected chi connectivity index (χ2v) is 5.65. The first-order valence-corrected chi connectivity index (χ1v) is 7.29. The molecule has 1 heterocycles. The van der Waals surface area contributed by atoms with Gasteiger partial charge in [0.1, 0.15) is 6.10 Å². The van der Waals surface area contributed by atoms with Gasteiger partial charge in [0.2, 0.25) is 5.88 Å². The van der Waals surface area contributed by atoms with Gasteiger partial charge in [-0.15, -0.1) is 0 Å². The third-order valence-electron chi connectivity index (χ3n) is 3.68. The molecule has 0 spiro atoms. The molecular weight excluding hydrogens is 278 g/mol. The molecule has 3 heteroatoms. The molecule has 1 fully saturated rings. The SMILES string of the molecule is CCC1CCCCC1Oc1nccc(C)c1Br. The summed E-state index contributed by atoms with van der Waals surface area (Å²) < 4.78 is 7.11. The minimum atomic E-state index is 0.347. The van der Waals surface area contributed by atoms with Crippen molar-refractivity contribution in [2.24, 2.45) is 5.92 Å². The average molecular weight is 298 g/mol. The van der Waals surface area contributed by atoms with Gasteiger partial charge in [0.15, 0.2) is 0 Å². The Morgan fingerprint density at radius 2 is 2.18 bits per heavy atom. The monoisotopic (exact) mass is 297 g/mol. The van der Waals surface area contributed by atoms with E-state index in [9.17, 15) is 0 Å². The molecule has 1 aromatic heterocycles. The van der Waals surface area contributed by atoms with E-state index in [0.717, 1.165) is 10.4 Å². The standard InChI is InChI=1S/C14H20BrNO/c1-3-11-6-4-5-7-12(11)17-14-13(15)10(2)8-9-16-14/h8-9,11-12H,3-7H2,1-2H3. The molecule has 94 valence electrons. The van der Waals surface area contributed by atoms with Gasteiger partial charge >= 0.3 is 0 Å². The van der Waals surface area contributed by atoms with Crippen molar-refractivity contribution in [2.75, 3.05) is 0 Å². The lowest BCUT2D eigenvalue weighted by molar-refractivity contribution is 0.0850. The van der Waals surface area contributed by atoms with E-state index in [0.29, 0.717) is 12.0 Å². The second kappa shape index (κ2) is 5.85. The van der Waals surface area contributed by atoms with E-state index in [-0.39, 0.29) is 0 Å². The first kappa shape index (κ1) is 12.9. The third-order valence-corrected chi connectivity index (χ3v) is 4.64. The fourth-order valence-electron chi connectivity index (χ4n) is 2.54. The van der Waals surface area contributed by atoms with Crippen LogP contribution in [0.15, 0.2) is 16.7 Å². The molecule has 1 aromatic rings. The summed E-state index contributed by atoms with van der Waals surface area (Å²) in [6.45, 7) is 4.32. The lowest BCUT2D eigenvalue weighted by Crippen LogP contribution is -2.30. The molecule has 0 radical (unpaired) electrons. The van der Waals surface area contributed by atoms with Crippen molar-refractivity contribution in [3.05, 3.63) is 22.3 Å². The van der Waals surface area contributed by atoms with E-state index >= 15 is 0 Å². The number of pyridine rings is 1. The summed E-state index contributed by atoms with van der Waals surface area (Å²) in [5.74, 6) is 1.45. The van der Waals surface area contributed by atoms with Crippen molar-refractivity contribution < 1.29 is 4.74 Å². The molecule has 2 nitrogen and oxygen atoms in total. The van der Waals surface area contributed by atoms with Crippen molar-refractivity contribution in [1.29, 1.82) is 0 Å². The summed E-state index contributed by atoms with van der Waals surface area (Å²) in [6, 6.07) is 2.00. The van der Waals surface area contributed by atoms with Gasteiger partial charge in [-0.05, 0) is 66.1 Å². The van der Waals surface area contributed by atoms with Gasteiger partial charge in [0.05, 0.1) is 4.47 Å². The van der Waals surface area contributed by atoms with Crippen LogP contribution in [-0.2, 0) is 0 Å². The number of rotatable bonds is 3. The van der Waals surface area contributed by atoms with Crippen LogP contribution < -0.4 is 4.74 Å². The Labute approximate surface area is 112 Å². The number of halogens is 1. The highest BCUT2D eigenvalue weighted by Crippen LogP contribution is 2.33. The fraction of sp³-hybridized carbons (Fsp3) is 0.643. The second-order valence-electron chi connectivity index (χ2n) is 4.86. The smallest absolute Gasteiger partial charge is 0.228 e. The van der Waals surface area contributed by atoms with E-state index in [1.54, 1.807) is 0 Å². The van der Waals surface area contributed by atoms with Crippen LogP contribution in [0.3, 0.4) is 0 Å². The number of hydrogen-bond donors (Lipinski definition) is 0. The van der Waals surface area contributed by atoms with Crippen LogP contribution >= 0.6 is 15.9 Å². The number of ether oxygens (including phenoxy) is 1. The Bertz CT molecular complexity index is 380. The molecule has 17 heavy (non-hydrogen) atoms. The zero-order valence-corrected chi connectivity index (χ0v) is 12.2. The molecule has 2 rings (SSSR count). The topological polar surface area (TPSA) is 22.1 Å². The Hall–Kier alpha value is -0.570. The predicted molar refractivity (Wildman–Crippen MR) is 73.3 cm³/mol. The number of nitrogens with zero attached hydrogens (tertiary/aromatic N) is 1. The molecule has 2 atom stereocenters. The highest BCUT2D eigenvalue weighted by Gasteiger charge is 2.26. The van der Waals surface area contributed by atoms with Gasteiger partial charge in [0.25, 0.3) is 0 Å². The predicted octanol–water partition coefficient (Wildman–Crippen LogP) is 4.50. The summed E-state index contributed by atoms with van der Waals surface area (Å²) >= 11 is 3.56. The highest BCUT2D eigenvalue weighted by atomic mass is 79.9. The van der Waals surface area contributed by atoms with E-state index in [1.165, 1.54) is 37.7 Å². The van der Waals surface area contributed by atoms with Crippen LogP contribution in [0.2, 0.25) is 0 Å². The minimum Gasteiger partial charge on any atom is -0.473 e. The van der Waals surface area contributed by atoms with Crippen LogP contribution in [0, 0.1) is 12.8 Å². The summed E-state index contributed by atoms with van der Waals surface area (Å²) in [5, 5.41) is 0. The van der Waals surface area contributed by atoms with Gasteiger partial charge in [-0.3, -0.25) is 0 Å². The molecule has 0 saturated heterocycles. The van der Waals surface area contributed by atoms with Crippen LogP contribution in [-0.4, -0.2) is 11.1 Å². The molecule has 1 saturated carbocycles. The lowest BCUT2D eigenvalue weighted by Gasteiger charge is -2.31. The van der Waals surface area contributed by atoms with Gasteiger partial charge in [-0.1, -0.05) is 13.3 Å². The maximum atomic E-state index is 6.11. The highest BCUT2D eigenvalue weighted by molar-refractivity contribution is 9.10. The summed E-state index contributed by atoms with van der Waals surface area (Å²) in [7, 11) is 0. The molecule has 0 N–H and O–H groups in total. The van der Waals surface area contributed by atoms with Gasteiger partial charge in [0, 0.05) is 6.20 Å². The van der Waals surface area contributed by atoms with E-state index in [1.807, 2.05) is 12.3 Å². The van der Waals surface area contributed by atoms with Crippen molar-refractivity contribution in [1.82, 2.24) is 4.98 Å². The van der Waals surface area contributed by atoms with Crippen LogP contribution in [0.1, 0.15) is 44.6 Å². The number of hydrogen-bond acceptors (Lipinski definition) is 2. The normalized spacial score (nSPS) is 24.6. The van der Waals surface area contributed by atoms with Crippen LogP contribution in [0.4, 0.5) is 0 Å². The Morgan fingerprint density at radius 3 is 2.94 bits per heavy atom. The maximum absolute atomic E-state index is 6.11. The lowest BCUT2D eigenvalue weighted by atomic mass is 9.85. The Morgan fingerprint density at radius 1 is 1.41 bits per heavy atom. The van der Waals surface area contributed by atoms with Gasteiger partial charge < -0.3 is 4.74 Å². The zero-order chi connectivity index (χ0) is 12.3. The molecule has 1 aliphatic carbocycles. The molecule has 0 amide bonds. The Kier molecular flexibility index (Phi) is 4.43. The summed E-state index contributed by atoms with van der Waals surface area (Å²) in [5.41, 5.74) is 1.18. The van der Waals surface area contributed by atoms with Crippen LogP contribution in [0.25, 0.3) is 0 Å². The van der Waals surface area contributed by atoms with Crippen molar-refractivity contribution in [2.45, 2.75) is 52.1 Å². The largest absolute Gasteiger partial charge is 0.473 e. The molecule has 0 aliphatic heterocycles. The Balaban J connectivity index is 2.11. The zero-order valence-electron chi connectivity index (χ0n) is 10.6. The van der Waals surface area contributed by atoms with E-state index < -0.39 is 0 Å². The first-order chi connectivity index (χ1) is 8.22. The fourth-order valence-corrected chi connectivity index (χ4v) is 2.86. The number of aryl methyl sites for hydroxylation is 1. The molecule has 2 unspecified atom stereocenters. The van der Waals surface area contributed by atoms with E-state index in [4.69, 9.17) is 4.74 Å². The van der Waals surface area contributed by atoms with E-state index in [2.05, 4.69) is 34.8 Å². The average Bonchev–Trinajstić information content (AvgIpc) is 2.35. The molecular formula is C14H20BrNO. The molecule has 0 aromatic carbocycles. The van der Waals surface area contributed by atoms with Crippen LogP contribution in [0.5, 0.6) is 5.88 Å². The molecule has 1 aliphatic rings. The van der Waals surface area contributed by atoms with Gasteiger partial charge in [-0.2, -0.15) is 0 Å².